The molecule has 4 heteroatoms. The molecule has 3 aromatic heterocycles. The van der Waals surface area contributed by atoms with Crippen molar-refractivity contribution >= 4 is 27.8 Å². The Hall–Kier alpha value is -5.48. The molecule has 194 valence electrons. The van der Waals surface area contributed by atoms with Gasteiger partial charge in [-0.25, -0.2) is 9.97 Å². The van der Waals surface area contributed by atoms with E-state index < -0.39 is 0 Å². The smallest absolute Gasteiger partial charge is 0.138 e. The molecule has 0 radical (unpaired) electrons. The maximum atomic E-state index is 5.11. The van der Waals surface area contributed by atoms with E-state index in [1.807, 2.05) is 18.3 Å². The van der Waals surface area contributed by atoms with Crippen molar-refractivity contribution in [1.82, 2.24) is 19.9 Å². The molecule has 0 bridgehead atoms. The molecule has 0 aliphatic carbocycles. The lowest BCUT2D eigenvalue weighted by Crippen LogP contribution is -2.14. The highest BCUT2D eigenvalue weighted by Crippen LogP contribution is 2.33. The van der Waals surface area contributed by atoms with Crippen LogP contribution < -0.4 is 5.32 Å². The molecule has 1 aliphatic heterocycles. The van der Waals surface area contributed by atoms with E-state index in [1.165, 1.54) is 38.5 Å². The molecule has 4 heterocycles. The molecule has 0 atom stereocenters. The number of benzene rings is 4. The fourth-order valence-corrected chi connectivity index (χ4v) is 5.87. The van der Waals surface area contributed by atoms with E-state index in [4.69, 9.17) is 9.97 Å². The van der Waals surface area contributed by atoms with E-state index in [2.05, 4.69) is 131 Å². The van der Waals surface area contributed by atoms with Crippen molar-refractivity contribution in [2.45, 2.75) is 6.54 Å². The zero-order valence-corrected chi connectivity index (χ0v) is 22.3. The predicted octanol–water partition coefficient (Wildman–Crippen LogP) is 8.65. The first kappa shape index (κ1) is 23.4. The summed E-state index contributed by atoms with van der Waals surface area (Å²) in [5.74, 6) is 0.893. The van der Waals surface area contributed by atoms with Gasteiger partial charge in [-0.15, -0.1) is 0 Å². The number of nitrogens with zero attached hydrogens (tertiary/aromatic N) is 3. The van der Waals surface area contributed by atoms with Crippen molar-refractivity contribution in [3.8, 4) is 39.6 Å². The Morgan fingerprint density at radius 1 is 0.561 bits per heavy atom. The van der Waals surface area contributed by atoms with Gasteiger partial charge < -0.3 is 5.32 Å². The van der Waals surface area contributed by atoms with Crippen molar-refractivity contribution in [2.75, 3.05) is 0 Å². The van der Waals surface area contributed by atoms with Crippen LogP contribution in [0.25, 0.3) is 67.3 Å². The number of hydrogen-bond donors (Lipinski definition) is 1. The van der Waals surface area contributed by atoms with Crippen LogP contribution in [0.1, 0.15) is 11.3 Å². The molecule has 7 aromatic rings. The van der Waals surface area contributed by atoms with Gasteiger partial charge in [0.25, 0.3) is 0 Å². The number of pyridine rings is 2. The summed E-state index contributed by atoms with van der Waals surface area (Å²) in [5.41, 5.74) is 9.73. The number of nitrogens with one attached hydrogen (secondary N) is 1. The predicted molar refractivity (Wildman–Crippen MR) is 169 cm³/mol. The van der Waals surface area contributed by atoms with Gasteiger partial charge in [0.15, 0.2) is 0 Å². The summed E-state index contributed by atoms with van der Waals surface area (Å²) in [7, 11) is 0. The second kappa shape index (κ2) is 9.61. The van der Waals surface area contributed by atoms with Crippen molar-refractivity contribution in [2.24, 2.45) is 0 Å². The molecule has 0 saturated carbocycles. The van der Waals surface area contributed by atoms with Gasteiger partial charge in [-0.05, 0) is 70.6 Å². The summed E-state index contributed by atoms with van der Waals surface area (Å²) in [4.78, 5) is 10.1. The topological polar surface area (TPSA) is 42.7 Å². The molecule has 0 fully saturated rings. The van der Waals surface area contributed by atoms with Gasteiger partial charge in [-0.3, -0.25) is 4.57 Å². The second-order valence-corrected chi connectivity index (χ2v) is 10.4. The van der Waals surface area contributed by atoms with Crippen LogP contribution in [-0.2, 0) is 6.54 Å². The minimum absolute atomic E-state index is 0.759. The zero-order chi connectivity index (χ0) is 27.2. The number of rotatable bonds is 4. The van der Waals surface area contributed by atoms with Crippen LogP contribution in [0, 0.1) is 0 Å². The van der Waals surface area contributed by atoms with Gasteiger partial charge in [0, 0.05) is 16.5 Å². The molecule has 8 rings (SSSR count). The number of fused-ring (bicyclic) bond motifs is 4. The molecule has 41 heavy (non-hydrogen) atoms. The first-order valence-electron chi connectivity index (χ1n) is 13.9. The van der Waals surface area contributed by atoms with Crippen LogP contribution in [0.15, 0.2) is 134 Å². The van der Waals surface area contributed by atoms with Gasteiger partial charge >= 0.3 is 0 Å². The third-order valence-corrected chi connectivity index (χ3v) is 7.89. The minimum Gasteiger partial charge on any atom is -0.385 e. The standard InChI is InChI=1S/C37H26N4/c1-2-8-28-23-29(20-17-25(28)7-1)26-15-18-27(19-16-26)32-10-5-11-33(39-32)34-12-6-14-37(40-34)41-35-13-4-3-9-30(35)31-21-22-38-24-36(31)41/h1-23,38H,24H2. The van der Waals surface area contributed by atoms with Crippen LogP contribution in [0.5, 0.6) is 0 Å². The molecule has 4 nitrogen and oxygen atoms in total. The van der Waals surface area contributed by atoms with E-state index >= 15 is 0 Å². The maximum absolute atomic E-state index is 5.11. The van der Waals surface area contributed by atoms with E-state index in [9.17, 15) is 0 Å². The molecular weight excluding hydrogens is 500 g/mol. The first-order chi connectivity index (χ1) is 20.3. The van der Waals surface area contributed by atoms with Crippen molar-refractivity contribution in [3.05, 3.63) is 145 Å². The summed E-state index contributed by atoms with van der Waals surface area (Å²) in [6.07, 6.45) is 4.17. The Morgan fingerprint density at radius 3 is 2.17 bits per heavy atom. The molecule has 0 spiro atoms. The number of para-hydroxylation sites is 1. The zero-order valence-electron chi connectivity index (χ0n) is 22.3. The molecular formula is C37H26N4. The minimum atomic E-state index is 0.759. The van der Waals surface area contributed by atoms with Crippen LogP contribution >= 0.6 is 0 Å². The highest BCUT2D eigenvalue weighted by Gasteiger charge is 2.19. The highest BCUT2D eigenvalue weighted by atomic mass is 15.1. The lowest BCUT2D eigenvalue weighted by Gasteiger charge is -2.14. The van der Waals surface area contributed by atoms with Crippen LogP contribution in [-0.4, -0.2) is 14.5 Å². The largest absolute Gasteiger partial charge is 0.385 e. The van der Waals surface area contributed by atoms with Crippen LogP contribution in [0.2, 0.25) is 0 Å². The highest BCUT2D eigenvalue weighted by molar-refractivity contribution is 5.93. The Kier molecular flexibility index (Phi) is 5.49. The molecule has 0 saturated heterocycles. The van der Waals surface area contributed by atoms with Gasteiger partial charge in [0.05, 0.1) is 34.8 Å². The average molecular weight is 527 g/mol. The third-order valence-electron chi connectivity index (χ3n) is 7.89. The molecule has 4 aromatic carbocycles. The SMILES string of the molecule is C1=Cc2c(n(-c3cccc(-c4cccc(-c5ccc(-c6ccc7ccccc7c6)cc5)n4)n3)c3ccccc23)CN1. The molecule has 0 unspecified atom stereocenters. The fraction of sp³-hybridized carbons (Fsp3) is 0.0270. The summed E-state index contributed by atoms with van der Waals surface area (Å²) in [6.45, 7) is 0.759. The summed E-state index contributed by atoms with van der Waals surface area (Å²) in [5, 5.41) is 7.10. The van der Waals surface area contributed by atoms with E-state index in [1.54, 1.807) is 0 Å². The van der Waals surface area contributed by atoms with Gasteiger partial charge in [0.2, 0.25) is 0 Å². The fourth-order valence-electron chi connectivity index (χ4n) is 5.87. The lowest BCUT2D eigenvalue weighted by molar-refractivity contribution is 0.795. The van der Waals surface area contributed by atoms with Crippen LogP contribution in [0.3, 0.4) is 0 Å². The van der Waals surface area contributed by atoms with Crippen LogP contribution in [0.4, 0.5) is 0 Å². The summed E-state index contributed by atoms with van der Waals surface area (Å²) >= 11 is 0. The Balaban J connectivity index is 1.14. The molecule has 1 N–H and O–H groups in total. The number of aromatic nitrogens is 3. The average Bonchev–Trinajstić information content (AvgIpc) is 3.39. The monoisotopic (exact) mass is 526 g/mol. The van der Waals surface area contributed by atoms with E-state index in [-0.39, 0.29) is 0 Å². The van der Waals surface area contributed by atoms with Gasteiger partial charge in [0.1, 0.15) is 5.82 Å². The van der Waals surface area contributed by atoms with Gasteiger partial charge in [-0.2, -0.15) is 0 Å². The van der Waals surface area contributed by atoms with Crippen molar-refractivity contribution in [1.29, 1.82) is 0 Å². The Labute approximate surface area is 238 Å². The van der Waals surface area contributed by atoms with E-state index in [0.717, 1.165) is 40.5 Å². The Morgan fingerprint density at radius 2 is 1.27 bits per heavy atom. The van der Waals surface area contributed by atoms with E-state index in [0.29, 0.717) is 0 Å². The quantitative estimate of drug-likeness (QED) is 0.250. The molecule has 1 aliphatic rings. The van der Waals surface area contributed by atoms with Crippen molar-refractivity contribution < 1.29 is 0 Å². The molecule has 0 amide bonds. The normalized spacial score (nSPS) is 12.4. The summed E-state index contributed by atoms with van der Waals surface area (Å²) < 4.78 is 2.26. The summed E-state index contributed by atoms with van der Waals surface area (Å²) in [6, 6.07) is 44.6. The Bertz CT molecular complexity index is 2100. The maximum Gasteiger partial charge on any atom is 0.138 e. The van der Waals surface area contributed by atoms with Crippen molar-refractivity contribution in [3.63, 3.8) is 0 Å². The first-order valence-corrected chi connectivity index (χ1v) is 13.9. The number of hydrogen-bond acceptors (Lipinski definition) is 3. The van der Waals surface area contributed by atoms with Gasteiger partial charge in [-0.1, -0.05) is 91.0 Å². The second-order valence-electron chi connectivity index (χ2n) is 10.4. The third kappa shape index (κ3) is 4.09. The lowest BCUT2D eigenvalue weighted by atomic mass is 9.99.